The fraction of sp³-hybridized carbons (Fsp3) is 0.444. The topological polar surface area (TPSA) is 70.8 Å². The average molecular weight is 394 g/mol. The predicted octanol–water partition coefficient (Wildman–Crippen LogP) is 4.22. The van der Waals surface area contributed by atoms with Crippen LogP contribution in [0.5, 0.6) is 0 Å². The largest absolute Gasteiger partial charge is 0.481 e. The van der Waals surface area contributed by atoms with Crippen molar-refractivity contribution in [3.05, 3.63) is 34.0 Å². The van der Waals surface area contributed by atoms with Crippen molar-refractivity contribution in [1.29, 1.82) is 0 Å². The number of nitrogens with zero attached hydrogens (tertiary/aromatic N) is 1. The minimum Gasteiger partial charge on any atom is -0.481 e. The van der Waals surface area contributed by atoms with Crippen LogP contribution in [0.3, 0.4) is 0 Å². The number of carbonyl (C=O) groups is 2. The number of carbonyl (C=O) groups excluding carboxylic acids is 1. The number of amides is 1. The van der Waals surface area contributed by atoms with Gasteiger partial charge in [-0.1, -0.05) is 0 Å². The predicted molar refractivity (Wildman–Crippen MR) is 94.1 cm³/mol. The van der Waals surface area contributed by atoms with Crippen LogP contribution in [0.1, 0.15) is 41.8 Å². The number of furan rings is 1. The Morgan fingerprint density at radius 3 is 2.92 bits per heavy atom. The van der Waals surface area contributed by atoms with Gasteiger partial charge in [0.05, 0.1) is 4.47 Å². The summed E-state index contributed by atoms with van der Waals surface area (Å²) in [6, 6.07) is 5.74. The SMILES string of the molecule is Cc1cc(Br)c2oc(C(=O)N3CCCC(CCC(=O)O)C3)cc2c1. The molecule has 3 rings (SSSR count). The second kappa shape index (κ2) is 6.97. The average Bonchev–Trinajstić information content (AvgIpc) is 2.96. The Kier molecular flexibility index (Phi) is 4.94. The van der Waals surface area contributed by atoms with Gasteiger partial charge in [-0.3, -0.25) is 9.59 Å². The van der Waals surface area contributed by atoms with Crippen molar-refractivity contribution >= 4 is 38.8 Å². The van der Waals surface area contributed by atoms with Crippen LogP contribution in [0.15, 0.2) is 27.1 Å². The molecule has 0 aliphatic carbocycles. The Balaban J connectivity index is 1.76. The summed E-state index contributed by atoms with van der Waals surface area (Å²) in [7, 11) is 0. The van der Waals surface area contributed by atoms with Crippen LogP contribution in [0, 0.1) is 12.8 Å². The number of likely N-dealkylation sites (tertiary alicyclic amines) is 1. The summed E-state index contributed by atoms with van der Waals surface area (Å²) in [6.45, 7) is 3.29. The summed E-state index contributed by atoms with van der Waals surface area (Å²) in [5, 5.41) is 9.73. The zero-order valence-corrected chi connectivity index (χ0v) is 15.1. The number of aliphatic carboxylic acids is 1. The molecule has 0 spiro atoms. The Morgan fingerprint density at radius 1 is 1.38 bits per heavy atom. The van der Waals surface area contributed by atoms with Crippen molar-refractivity contribution in [2.24, 2.45) is 5.92 Å². The van der Waals surface area contributed by atoms with Crippen LogP contribution < -0.4 is 0 Å². The molecule has 1 N–H and O–H groups in total. The number of hydrogen-bond acceptors (Lipinski definition) is 3. The highest BCUT2D eigenvalue weighted by atomic mass is 79.9. The number of carboxylic acids is 1. The zero-order valence-electron chi connectivity index (χ0n) is 13.5. The molecule has 6 heteroatoms. The molecule has 2 aromatic rings. The van der Waals surface area contributed by atoms with E-state index in [4.69, 9.17) is 9.52 Å². The highest BCUT2D eigenvalue weighted by molar-refractivity contribution is 9.10. The maximum Gasteiger partial charge on any atom is 0.303 e. The smallest absolute Gasteiger partial charge is 0.303 e. The van der Waals surface area contributed by atoms with Gasteiger partial charge in [0, 0.05) is 24.9 Å². The Hall–Kier alpha value is -1.82. The van der Waals surface area contributed by atoms with Crippen molar-refractivity contribution in [3.63, 3.8) is 0 Å². The summed E-state index contributed by atoms with van der Waals surface area (Å²) in [6.07, 6.45) is 2.65. The van der Waals surface area contributed by atoms with Gasteiger partial charge in [-0.05, 0) is 71.8 Å². The minimum atomic E-state index is -0.782. The molecular formula is C18H20BrNO4. The highest BCUT2D eigenvalue weighted by Gasteiger charge is 2.27. The summed E-state index contributed by atoms with van der Waals surface area (Å²) >= 11 is 3.48. The fourth-order valence-corrected chi connectivity index (χ4v) is 4.00. The van der Waals surface area contributed by atoms with Crippen molar-refractivity contribution in [2.75, 3.05) is 13.1 Å². The number of halogens is 1. The summed E-state index contributed by atoms with van der Waals surface area (Å²) in [5.41, 5.74) is 1.78. The molecular weight excluding hydrogens is 374 g/mol. The van der Waals surface area contributed by atoms with Crippen molar-refractivity contribution in [3.8, 4) is 0 Å². The summed E-state index contributed by atoms with van der Waals surface area (Å²) in [5.74, 6) is -0.306. The Morgan fingerprint density at radius 2 is 2.17 bits per heavy atom. The van der Waals surface area contributed by atoms with E-state index in [-0.39, 0.29) is 18.2 Å². The first-order valence-electron chi connectivity index (χ1n) is 8.15. The van der Waals surface area contributed by atoms with E-state index in [2.05, 4.69) is 15.9 Å². The van der Waals surface area contributed by atoms with Gasteiger partial charge in [0.25, 0.3) is 5.91 Å². The number of rotatable bonds is 4. The Labute approximate surface area is 148 Å². The number of fused-ring (bicyclic) bond motifs is 1. The number of aryl methyl sites for hydroxylation is 1. The van der Waals surface area contributed by atoms with E-state index in [0.29, 0.717) is 30.9 Å². The van der Waals surface area contributed by atoms with Crippen molar-refractivity contribution < 1.29 is 19.1 Å². The zero-order chi connectivity index (χ0) is 17.3. The van der Waals surface area contributed by atoms with E-state index in [1.165, 1.54) is 0 Å². The third-order valence-electron chi connectivity index (χ3n) is 4.50. The molecule has 0 bridgehead atoms. The van der Waals surface area contributed by atoms with Crippen LogP contribution in [0.4, 0.5) is 0 Å². The number of piperidine rings is 1. The number of hydrogen-bond donors (Lipinski definition) is 1. The lowest BCUT2D eigenvalue weighted by molar-refractivity contribution is -0.137. The van der Waals surface area contributed by atoms with E-state index < -0.39 is 5.97 Å². The van der Waals surface area contributed by atoms with Gasteiger partial charge >= 0.3 is 5.97 Å². The molecule has 1 amide bonds. The first-order valence-corrected chi connectivity index (χ1v) is 8.94. The van der Waals surface area contributed by atoms with Gasteiger partial charge < -0.3 is 14.4 Å². The van der Waals surface area contributed by atoms with Crippen molar-refractivity contribution in [2.45, 2.75) is 32.6 Å². The number of carboxylic acid groups (broad SMARTS) is 1. The molecule has 128 valence electrons. The standard InChI is InChI=1S/C18H20BrNO4/c1-11-7-13-9-15(24-17(13)14(19)8-11)18(23)20-6-2-3-12(10-20)4-5-16(21)22/h7-9,12H,2-6,10H2,1H3,(H,21,22). The van der Waals surface area contributed by atoms with Crippen LogP contribution >= 0.6 is 15.9 Å². The van der Waals surface area contributed by atoms with Gasteiger partial charge in [-0.2, -0.15) is 0 Å². The lowest BCUT2D eigenvalue weighted by Gasteiger charge is -2.32. The van der Waals surface area contributed by atoms with E-state index in [1.54, 1.807) is 11.0 Å². The second-order valence-electron chi connectivity index (χ2n) is 6.47. The second-order valence-corrected chi connectivity index (χ2v) is 7.32. The molecule has 1 aromatic heterocycles. The van der Waals surface area contributed by atoms with Gasteiger partial charge in [0.1, 0.15) is 5.58 Å². The summed E-state index contributed by atoms with van der Waals surface area (Å²) in [4.78, 5) is 25.3. The third kappa shape index (κ3) is 3.64. The van der Waals surface area contributed by atoms with E-state index in [1.807, 2.05) is 19.1 Å². The van der Waals surface area contributed by atoms with E-state index >= 15 is 0 Å². The van der Waals surface area contributed by atoms with Crippen LogP contribution in [0.2, 0.25) is 0 Å². The molecule has 1 unspecified atom stereocenters. The quantitative estimate of drug-likeness (QED) is 0.843. The third-order valence-corrected chi connectivity index (χ3v) is 5.09. The fourth-order valence-electron chi connectivity index (χ4n) is 3.33. The van der Waals surface area contributed by atoms with Gasteiger partial charge in [0.15, 0.2) is 5.76 Å². The van der Waals surface area contributed by atoms with E-state index in [9.17, 15) is 9.59 Å². The van der Waals surface area contributed by atoms with Crippen LogP contribution in [-0.4, -0.2) is 35.0 Å². The van der Waals surface area contributed by atoms with Gasteiger partial charge in [-0.25, -0.2) is 0 Å². The normalized spacial score (nSPS) is 18.1. The van der Waals surface area contributed by atoms with Gasteiger partial charge in [-0.15, -0.1) is 0 Å². The van der Waals surface area contributed by atoms with Crippen LogP contribution in [0.25, 0.3) is 11.0 Å². The first kappa shape index (κ1) is 17.0. The molecule has 1 saturated heterocycles. The maximum absolute atomic E-state index is 12.7. The van der Waals surface area contributed by atoms with Gasteiger partial charge in [0.2, 0.25) is 0 Å². The monoisotopic (exact) mass is 393 g/mol. The molecule has 0 radical (unpaired) electrons. The molecule has 24 heavy (non-hydrogen) atoms. The molecule has 1 atom stereocenters. The molecule has 1 aliphatic rings. The van der Waals surface area contributed by atoms with E-state index in [0.717, 1.165) is 28.3 Å². The highest BCUT2D eigenvalue weighted by Crippen LogP contribution is 2.30. The molecule has 5 nitrogen and oxygen atoms in total. The summed E-state index contributed by atoms with van der Waals surface area (Å²) < 4.78 is 6.61. The molecule has 1 fully saturated rings. The lowest BCUT2D eigenvalue weighted by Crippen LogP contribution is -2.39. The first-order chi connectivity index (χ1) is 11.4. The molecule has 2 heterocycles. The molecule has 1 aromatic carbocycles. The van der Waals surface area contributed by atoms with Crippen LogP contribution in [-0.2, 0) is 4.79 Å². The number of benzene rings is 1. The van der Waals surface area contributed by atoms with Crippen molar-refractivity contribution in [1.82, 2.24) is 4.90 Å². The lowest BCUT2D eigenvalue weighted by atomic mass is 9.93. The molecule has 1 aliphatic heterocycles. The molecule has 0 saturated carbocycles. The minimum absolute atomic E-state index is 0.115. The Bertz CT molecular complexity index is 783. The maximum atomic E-state index is 12.7.